The topological polar surface area (TPSA) is 32.8 Å². The van der Waals surface area contributed by atoms with Crippen molar-refractivity contribution in [2.45, 2.75) is 18.9 Å². The number of amides is 1. The molecule has 1 aromatic rings. The third kappa shape index (κ3) is 4.99. The van der Waals surface area contributed by atoms with Crippen LogP contribution in [-0.4, -0.2) is 62.1 Å². The van der Waals surface area contributed by atoms with Gasteiger partial charge in [0.15, 0.2) is 0 Å². The van der Waals surface area contributed by atoms with Gasteiger partial charge in [-0.1, -0.05) is 11.6 Å². The van der Waals surface area contributed by atoms with E-state index < -0.39 is 0 Å². The van der Waals surface area contributed by atoms with Crippen LogP contribution in [0.5, 0.6) is 0 Å². The fourth-order valence-corrected chi connectivity index (χ4v) is 2.53. The number of halogens is 1. The first-order valence-corrected chi connectivity index (χ1v) is 7.75. The number of nitrogens with zero attached hydrogens (tertiary/aromatic N) is 2. The summed E-state index contributed by atoms with van der Waals surface area (Å²) in [5.74, 6) is 0.0454. The first kappa shape index (κ1) is 16.3. The van der Waals surface area contributed by atoms with Crippen molar-refractivity contribution in [2.75, 3.05) is 40.3 Å². The molecule has 21 heavy (non-hydrogen) atoms. The molecule has 1 atom stereocenters. The summed E-state index contributed by atoms with van der Waals surface area (Å²) in [6, 6.07) is 7.07. The van der Waals surface area contributed by atoms with Gasteiger partial charge in [-0.05, 0) is 51.2 Å². The van der Waals surface area contributed by atoms with Gasteiger partial charge in [0.25, 0.3) is 5.91 Å². The van der Waals surface area contributed by atoms with Gasteiger partial charge in [0.1, 0.15) is 0 Å². The quantitative estimate of drug-likeness (QED) is 0.809. The second-order valence-electron chi connectivity index (χ2n) is 5.70. The lowest BCUT2D eigenvalue weighted by Crippen LogP contribution is -2.41. The third-order valence-electron chi connectivity index (χ3n) is 3.64. The smallest absolute Gasteiger partial charge is 0.253 e. The van der Waals surface area contributed by atoms with Crippen LogP contribution in [0.3, 0.4) is 0 Å². The second-order valence-corrected chi connectivity index (χ2v) is 6.13. The Morgan fingerprint density at radius 1 is 1.29 bits per heavy atom. The molecule has 1 aromatic carbocycles. The Morgan fingerprint density at radius 3 is 2.57 bits per heavy atom. The van der Waals surface area contributed by atoms with Crippen molar-refractivity contribution in [3.05, 3.63) is 34.9 Å². The predicted molar refractivity (Wildman–Crippen MR) is 84.9 cm³/mol. The summed E-state index contributed by atoms with van der Waals surface area (Å²) in [6.45, 7) is 3.01. The minimum Gasteiger partial charge on any atom is -0.376 e. The van der Waals surface area contributed by atoms with Crippen LogP contribution < -0.4 is 0 Å². The molecular formula is C16H23ClN2O2. The molecular weight excluding hydrogens is 288 g/mol. The molecule has 1 saturated heterocycles. The second kappa shape index (κ2) is 7.78. The lowest BCUT2D eigenvalue weighted by molar-refractivity contribution is 0.0512. The molecule has 0 bridgehead atoms. The van der Waals surface area contributed by atoms with Gasteiger partial charge in [-0.15, -0.1) is 0 Å². The SMILES string of the molecule is CN(C)CCN(C[C@H]1CCCO1)C(=O)c1ccc(Cl)cc1. The van der Waals surface area contributed by atoms with Crippen molar-refractivity contribution in [3.63, 3.8) is 0 Å². The lowest BCUT2D eigenvalue weighted by atomic mass is 10.1. The summed E-state index contributed by atoms with van der Waals surface area (Å²) in [7, 11) is 4.02. The highest BCUT2D eigenvalue weighted by Gasteiger charge is 2.23. The molecule has 0 N–H and O–H groups in total. The van der Waals surface area contributed by atoms with Crippen LogP contribution in [0.2, 0.25) is 5.02 Å². The number of hydrogen-bond acceptors (Lipinski definition) is 3. The average molecular weight is 311 g/mol. The highest BCUT2D eigenvalue weighted by Crippen LogP contribution is 2.16. The highest BCUT2D eigenvalue weighted by molar-refractivity contribution is 6.30. The van der Waals surface area contributed by atoms with Crippen LogP contribution in [0.4, 0.5) is 0 Å². The Bertz CT molecular complexity index is 456. The van der Waals surface area contributed by atoms with Crippen molar-refractivity contribution in [3.8, 4) is 0 Å². The van der Waals surface area contributed by atoms with E-state index in [4.69, 9.17) is 16.3 Å². The number of hydrogen-bond donors (Lipinski definition) is 0. The minimum absolute atomic E-state index is 0.0454. The maximum absolute atomic E-state index is 12.7. The van der Waals surface area contributed by atoms with Gasteiger partial charge < -0.3 is 14.5 Å². The maximum atomic E-state index is 12.7. The van der Waals surface area contributed by atoms with Crippen LogP contribution in [0, 0.1) is 0 Å². The van der Waals surface area contributed by atoms with Gasteiger partial charge in [0, 0.05) is 36.8 Å². The van der Waals surface area contributed by atoms with E-state index in [0.717, 1.165) is 26.0 Å². The zero-order valence-corrected chi connectivity index (χ0v) is 13.5. The van der Waals surface area contributed by atoms with Crippen LogP contribution in [0.15, 0.2) is 24.3 Å². The molecule has 4 nitrogen and oxygen atoms in total. The standard InChI is InChI=1S/C16H23ClN2O2/c1-18(2)9-10-19(12-15-4-3-11-21-15)16(20)13-5-7-14(17)8-6-13/h5-8,15H,3-4,9-12H2,1-2H3/t15-/m1/s1. The Labute approximate surface area is 131 Å². The number of carbonyl (C=O) groups excluding carboxylic acids is 1. The maximum Gasteiger partial charge on any atom is 0.253 e. The molecule has 0 saturated carbocycles. The molecule has 1 fully saturated rings. The zero-order valence-electron chi connectivity index (χ0n) is 12.7. The number of likely N-dealkylation sites (N-methyl/N-ethyl adjacent to an activating group) is 1. The Hall–Kier alpha value is -1.10. The number of rotatable bonds is 6. The van der Waals surface area contributed by atoms with E-state index in [1.165, 1.54) is 0 Å². The van der Waals surface area contributed by atoms with Crippen molar-refractivity contribution >= 4 is 17.5 Å². The number of ether oxygens (including phenoxy) is 1. The van der Waals surface area contributed by atoms with Gasteiger partial charge in [-0.2, -0.15) is 0 Å². The average Bonchev–Trinajstić information content (AvgIpc) is 2.96. The molecule has 0 aliphatic carbocycles. The molecule has 1 amide bonds. The molecule has 0 unspecified atom stereocenters. The molecule has 1 aliphatic heterocycles. The Morgan fingerprint density at radius 2 is 2.00 bits per heavy atom. The number of carbonyl (C=O) groups is 1. The largest absolute Gasteiger partial charge is 0.376 e. The minimum atomic E-state index is 0.0454. The van der Waals surface area contributed by atoms with E-state index in [0.29, 0.717) is 23.7 Å². The van der Waals surface area contributed by atoms with Crippen LogP contribution >= 0.6 is 11.6 Å². The van der Waals surface area contributed by atoms with Crippen LogP contribution in [-0.2, 0) is 4.74 Å². The van der Waals surface area contributed by atoms with Crippen molar-refractivity contribution in [1.82, 2.24) is 9.80 Å². The van der Waals surface area contributed by atoms with Gasteiger partial charge in [-0.25, -0.2) is 0 Å². The lowest BCUT2D eigenvalue weighted by Gasteiger charge is -2.27. The first-order chi connectivity index (χ1) is 10.1. The molecule has 2 rings (SSSR count). The fourth-order valence-electron chi connectivity index (χ4n) is 2.41. The van der Waals surface area contributed by atoms with Gasteiger partial charge in [-0.3, -0.25) is 4.79 Å². The summed E-state index contributed by atoms with van der Waals surface area (Å²) >= 11 is 5.88. The summed E-state index contributed by atoms with van der Waals surface area (Å²) in [4.78, 5) is 16.6. The molecule has 116 valence electrons. The van der Waals surface area contributed by atoms with E-state index in [1.807, 2.05) is 19.0 Å². The van der Waals surface area contributed by atoms with Crippen molar-refractivity contribution in [2.24, 2.45) is 0 Å². The van der Waals surface area contributed by atoms with E-state index in [2.05, 4.69) is 4.90 Å². The van der Waals surface area contributed by atoms with Gasteiger partial charge in [0.2, 0.25) is 0 Å². The Balaban J connectivity index is 2.04. The first-order valence-electron chi connectivity index (χ1n) is 7.37. The summed E-state index contributed by atoms with van der Waals surface area (Å²) in [5.41, 5.74) is 0.677. The molecule has 5 heteroatoms. The zero-order chi connectivity index (χ0) is 15.2. The molecule has 0 radical (unpaired) electrons. The highest BCUT2D eigenvalue weighted by atomic mass is 35.5. The van der Waals surface area contributed by atoms with Crippen molar-refractivity contribution in [1.29, 1.82) is 0 Å². The molecule has 1 heterocycles. The van der Waals surface area contributed by atoms with Crippen LogP contribution in [0.1, 0.15) is 23.2 Å². The van der Waals surface area contributed by atoms with Gasteiger partial charge >= 0.3 is 0 Å². The molecule has 0 spiro atoms. The number of benzene rings is 1. The fraction of sp³-hybridized carbons (Fsp3) is 0.562. The van der Waals surface area contributed by atoms with Crippen molar-refractivity contribution < 1.29 is 9.53 Å². The Kier molecular flexibility index (Phi) is 6.03. The van der Waals surface area contributed by atoms with E-state index in [-0.39, 0.29) is 12.0 Å². The van der Waals surface area contributed by atoms with Crippen LogP contribution in [0.25, 0.3) is 0 Å². The van der Waals surface area contributed by atoms with E-state index >= 15 is 0 Å². The molecule has 0 aromatic heterocycles. The molecule has 1 aliphatic rings. The monoisotopic (exact) mass is 310 g/mol. The third-order valence-corrected chi connectivity index (χ3v) is 3.90. The summed E-state index contributed by atoms with van der Waals surface area (Å²) < 4.78 is 5.67. The van der Waals surface area contributed by atoms with Gasteiger partial charge in [0.05, 0.1) is 6.10 Å². The van der Waals surface area contributed by atoms with E-state index in [1.54, 1.807) is 24.3 Å². The van der Waals surface area contributed by atoms with E-state index in [9.17, 15) is 4.79 Å². The summed E-state index contributed by atoms with van der Waals surface area (Å²) in [6.07, 6.45) is 2.29. The summed E-state index contributed by atoms with van der Waals surface area (Å²) in [5, 5.41) is 0.644. The normalized spacial score (nSPS) is 18.2. The predicted octanol–water partition coefficient (Wildman–Crippen LogP) is 2.52.